The summed E-state index contributed by atoms with van der Waals surface area (Å²) in [6, 6.07) is 7.32. The average Bonchev–Trinajstić information content (AvgIpc) is 3.12. The fourth-order valence-electron chi connectivity index (χ4n) is 3.69. The van der Waals surface area contributed by atoms with Crippen molar-refractivity contribution < 1.29 is 14.3 Å². The van der Waals surface area contributed by atoms with Crippen LogP contribution in [0.2, 0.25) is 5.02 Å². The standard InChI is InChI=1S/C15H16ClIN2O3/c16-9-1-3-10(4-2-9)21-5-11-12(22-11)18-14-6-15(7-14,8-14)19-13(17)20/h1-4,11-12,18H,5-8H2,(H,19,20). The minimum absolute atomic E-state index is 0.0304. The highest BCUT2D eigenvalue weighted by Gasteiger charge is 2.70. The summed E-state index contributed by atoms with van der Waals surface area (Å²) in [5.41, 5.74) is 0.217. The van der Waals surface area contributed by atoms with Crippen LogP contribution < -0.4 is 15.4 Å². The smallest absolute Gasteiger partial charge is 0.281 e. The van der Waals surface area contributed by atoms with Crippen LogP contribution in [0.4, 0.5) is 4.79 Å². The molecule has 5 nitrogen and oxygen atoms in total. The van der Waals surface area contributed by atoms with Crippen LogP contribution in [0.15, 0.2) is 24.3 Å². The first-order valence-electron chi connectivity index (χ1n) is 7.27. The Balaban J connectivity index is 1.19. The molecule has 0 aromatic heterocycles. The molecule has 4 aliphatic rings. The molecule has 2 N–H and O–H groups in total. The Bertz CT molecular complexity index is 590. The third-order valence-corrected chi connectivity index (χ3v) is 5.17. The van der Waals surface area contributed by atoms with Gasteiger partial charge in [0.1, 0.15) is 24.7 Å². The predicted molar refractivity (Wildman–Crippen MR) is 90.6 cm³/mol. The number of rotatable bonds is 6. The van der Waals surface area contributed by atoms with Gasteiger partial charge in [-0.15, -0.1) is 0 Å². The lowest BCUT2D eigenvalue weighted by Gasteiger charge is -2.70. The Morgan fingerprint density at radius 3 is 2.64 bits per heavy atom. The van der Waals surface area contributed by atoms with Crippen molar-refractivity contribution in [2.75, 3.05) is 6.61 Å². The van der Waals surface area contributed by atoms with Crippen molar-refractivity contribution in [2.45, 2.75) is 42.7 Å². The Morgan fingerprint density at radius 2 is 2.00 bits per heavy atom. The van der Waals surface area contributed by atoms with E-state index in [4.69, 9.17) is 21.1 Å². The molecule has 22 heavy (non-hydrogen) atoms. The normalized spacial score (nSPS) is 37.7. The molecule has 7 heteroatoms. The molecule has 0 radical (unpaired) electrons. The van der Waals surface area contributed by atoms with Crippen LogP contribution in [-0.4, -0.2) is 33.9 Å². The average molecular weight is 435 g/mol. The maximum atomic E-state index is 11.1. The number of ether oxygens (including phenoxy) is 2. The maximum absolute atomic E-state index is 11.1. The largest absolute Gasteiger partial charge is 0.491 e. The van der Waals surface area contributed by atoms with Crippen LogP contribution in [0.5, 0.6) is 5.75 Å². The molecule has 1 aromatic carbocycles. The van der Waals surface area contributed by atoms with E-state index < -0.39 is 0 Å². The number of epoxide rings is 1. The van der Waals surface area contributed by atoms with E-state index in [2.05, 4.69) is 10.6 Å². The van der Waals surface area contributed by atoms with E-state index >= 15 is 0 Å². The molecule has 118 valence electrons. The lowest BCUT2D eigenvalue weighted by molar-refractivity contribution is -0.100. The summed E-state index contributed by atoms with van der Waals surface area (Å²) in [6.45, 7) is 0.533. The molecule has 4 fully saturated rings. The zero-order valence-electron chi connectivity index (χ0n) is 11.8. The highest BCUT2D eigenvalue weighted by Crippen LogP contribution is 2.61. The molecule has 1 aromatic rings. The summed E-state index contributed by atoms with van der Waals surface area (Å²) in [7, 11) is 0. The number of nitrogens with one attached hydrogen (secondary N) is 2. The topological polar surface area (TPSA) is 62.9 Å². The lowest BCUT2D eigenvalue weighted by atomic mass is 9.44. The minimum Gasteiger partial charge on any atom is -0.491 e. The van der Waals surface area contributed by atoms with E-state index in [0.717, 1.165) is 25.0 Å². The second-order valence-electron chi connectivity index (χ2n) is 6.49. The van der Waals surface area contributed by atoms with Crippen molar-refractivity contribution in [3.05, 3.63) is 29.3 Å². The Morgan fingerprint density at radius 1 is 1.32 bits per heavy atom. The van der Waals surface area contributed by atoms with E-state index in [9.17, 15) is 4.79 Å². The van der Waals surface area contributed by atoms with Crippen molar-refractivity contribution in [3.8, 4) is 5.75 Å². The summed E-state index contributed by atoms with van der Waals surface area (Å²) in [5, 5.41) is 7.28. The van der Waals surface area contributed by atoms with Gasteiger partial charge < -0.3 is 14.8 Å². The van der Waals surface area contributed by atoms with Gasteiger partial charge >= 0.3 is 0 Å². The monoisotopic (exact) mass is 434 g/mol. The van der Waals surface area contributed by atoms with E-state index in [0.29, 0.717) is 11.6 Å². The van der Waals surface area contributed by atoms with E-state index in [1.165, 1.54) is 0 Å². The van der Waals surface area contributed by atoms with Crippen molar-refractivity contribution in [1.82, 2.24) is 10.6 Å². The number of carbonyl (C=O) groups excluding carboxylic acids is 1. The van der Waals surface area contributed by atoms with Gasteiger partial charge in [-0.1, -0.05) is 11.6 Å². The molecule has 1 saturated heterocycles. The van der Waals surface area contributed by atoms with Crippen LogP contribution >= 0.6 is 34.2 Å². The third-order valence-electron chi connectivity index (χ3n) is 4.65. The van der Waals surface area contributed by atoms with Crippen LogP contribution in [0.1, 0.15) is 19.3 Å². The molecular weight excluding hydrogens is 419 g/mol. The quantitative estimate of drug-likeness (QED) is 0.313. The number of halogens is 2. The molecule has 1 amide bonds. The first-order chi connectivity index (χ1) is 10.5. The summed E-state index contributed by atoms with van der Waals surface area (Å²) in [5.74, 6) is 0.799. The molecule has 3 aliphatic carbocycles. The molecule has 5 rings (SSSR count). The first kappa shape index (κ1) is 15.0. The van der Waals surface area contributed by atoms with Crippen molar-refractivity contribution in [1.29, 1.82) is 0 Å². The van der Waals surface area contributed by atoms with Crippen LogP contribution in [0, 0.1) is 0 Å². The van der Waals surface area contributed by atoms with Crippen molar-refractivity contribution >= 4 is 38.1 Å². The number of amides is 1. The molecule has 2 unspecified atom stereocenters. The molecule has 3 saturated carbocycles. The Labute approximate surface area is 147 Å². The highest BCUT2D eigenvalue weighted by molar-refractivity contribution is 14.1. The predicted octanol–water partition coefficient (Wildman–Crippen LogP) is 2.85. The van der Waals surface area contributed by atoms with Gasteiger partial charge in [-0.3, -0.25) is 10.1 Å². The second-order valence-corrected chi connectivity index (χ2v) is 7.91. The van der Waals surface area contributed by atoms with Gasteiger partial charge in [-0.25, -0.2) is 0 Å². The van der Waals surface area contributed by atoms with Gasteiger partial charge in [0.2, 0.25) is 0 Å². The van der Waals surface area contributed by atoms with Crippen LogP contribution in [-0.2, 0) is 4.74 Å². The van der Waals surface area contributed by atoms with Gasteiger partial charge in [0.25, 0.3) is 3.91 Å². The zero-order valence-corrected chi connectivity index (χ0v) is 14.7. The van der Waals surface area contributed by atoms with Gasteiger partial charge in [-0.2, -0.15) is 0 Å². The SMILES string of the molecule is O=C(I)NC12CC(NC3OC3COc3ccc(Cl)cc3)(C1)C2. The second kappa shape index (κ2) is 5.22. The Hall–Kier alpha value is -0.570. The fourth-order valence-corrected chi connectivity index (χ4v) is 4.39. The molecule has 0 spiro atoms. The van der Waals surface area contributed by atoms with E-state index in [-0.39, 0.29) is 27.3 Å². The number of benzene rings is 1. The summed E-state index contributed by atoms with van der Waals surface area (Å²) in [6.07, 6.45) is 3.17. The minimum atomic E-state index is 0.0304. The van der Waals surface area contributed by atoms with Crippen LogP contribution in [0.25, 0.3) is 0 Å². The summed E-state index contributed by atoms with van der Waals surface area (Å²) >= 11 is 7.63. The number of hydrogen-bond donors (Lipinski definition) is 2. The molecule has 2 bridgehead atoms. The van der Waals surface area contributed by atoms with Crippen molar-refractivity contribution in [3.63, 3.8) is 0 Å². The third kappa shape index (κ3) is 2.81. The number of hydrogen-bond acceptors (Lipinski definition) is 4. The first-order valence-corrected chi connectivity index (χ1v) is 8.73. The van der Waals surface area contributed by atoms with Crippen LogP contribution in [0.3, 0.4) is 0 Å². The van der Waals surface area contributed by atoms with Crippen molar-refractivity contribution in [2.24, 2.45) is 0 Å². The van der Waals surface area contributed by atoms with Gasteiger partial charge in [0.05, 0.1) is 0 Å². The fraction of sp³-hybridized carbons (Fsp3) is 0.533. The van der Waals surface area contributed by atoms with Gasteiger partial charge in [0, 0.05) is 38.7 Å². The van der Waals surface area contributed by atoms with Gasteiger partial charge in [0.15, 0.2) is 0 Å². The molecule has 1 heterocycles. The van der Waals surface area contributed by atoms with Gasteiger partial charge in [-0.05, 0) is 43.5 Å². The highest BCUT2D eigenvalue weighted by atomic mass is 127. The molecular formula is C15H16ClIN2O3. The Kier molecular flexibility index (Phi) is 3.56. The lowest BCUT2D eigenvalue weighted by Crippen LogP contribution is -2.83. The molecule has 2 atom stereocenters. The van der Waals surface area contributed by atoms with E-state index in [1.54, 1.807) is 22.6 Å². The maximum Gasteiger partial charge on any atom is 0.281 e. The summed E-state index contributed by atoms with van der Waals surface area (Å²) < 4.78 is 11.3. The molecule has 1 aliphatic heterocycles. The zero-order chi connectivity index (χ0) is 15.4. The summed E-state index contributed by atoms with van der Waals surface area (Å²) in [4.78, 5) is 11.1. The van der Waals surface area contributed by atoms with E-state index in [1.807, 2.05) is 24.3 Å². The number of carbonyl (C=O) groups is 1.